The fraction of sp³-hybridized carbons (Fsp3) is 0.414. The number of aromatic nitrogens is 3. The van der Waals surface area contributed by atoms with Gasteiger partial charge in [0, 0.05) is 23.8 Å². The standard InChI is InChI=1S/C29H35N3O8/c1-5-37-26(33)24(27(34)38-6-2)22(18-14-10-16-30-18)20-12-9-13-21(32-20)23(19-15-11-17-31-19)25(28(35)39-7-3)29(36)40-8-4/h9-17,22-25,30-31H,5-8H2,1-4H3. The highest BCUT2D eigenvalue weighted by Crippen LogP contribution is 2.36. The first kappa shape index (κ1) is 30.1. The summed E-state index contributed by atoms with van der Waals surface area (Å²) in [5.41, 5.74) is 1.71. The predicted octanol–water partition coefficient (Wildman–Crippen LogP) is 3.49. The van der Waals surface area contributed by atoms with E-state index < -0.39 is 47.5 Å². The number of pyridine rings is 1. The van der Waals surface area contributed by atoms with Crippen LogP contribution in [-0.4, -0.2) is 65.3 Å². The minimum Gasteiger partial charge on any atom is -0.465 e. The fourth-order valence-electron chi connectivity index (χ4n) is 4.57. The van der Waals surface area contributed by atoms with E-state index in [9.17, 15) is 19.2 Å². The average molecular weight is 554 g/mol. The Balaban J connectivity index is 2.21. The van der Waals surface area contributed by atoms with Crippen LogP contribution in [0.1, 0.15) is 62.3 Å². The second kappa shape index (κ2) is 14.7. The molecule has 214 valence electrons. The smallest absolute Gasteiger partial charge is 0.321 e. The van der Waals surface area contributed by atoms with Gasteiger partial charge >= 0.3 is 23.9 Å². The van der Waals surface area contributed by atoms with Crippen molar-refractivity contribution in [3.05, 3.63) is 77.6 Å². The van der Waals surface area contributed by atoms with E-state index in [0.29, 0.717) is 22.8 Å². The first-order valence-electron chi connectivity index (χ1n) is 13.3. The van der Waals surface area contributed by atoms with Gasteiger partial charge in [0.1, 0.15) is 0 Å². The lowest BCUT2D eigenvalue weighted by atomic mass is 9.83. The maximum Gasteiger partial charge on any atom is 0.321 e. The first-order chi connectivity index (χ1) is 19.4. The summed E-state index contributed by atoms with van der Waals surface area (Å²) in [4.78, 5) is 63.4. The second-order valence-electron chi connectivity index (χ2n) is 8.66. The summed E-state index contributed by atoms with van der Waals surface area (Å²) in [6.45, 7) is 6.85. The van der Waals surface area contributed by atoms with Crippen LogP contribution in [0, 0.1) is 11.8 Å². The maximum absolute atomic E-state index is 13.1. The summed E-state index contributed by atoms with van der Waals surface area (Å²) in [5, 5.41) is 0. The largest absolute Gasteiger partial charge is 0.465 e. The van der Waals surface area contributed by atoms with E-state index in [0.717, 1.165) is 0 Å². The summed E-state index contributed by atoms with van der Waals surface area (Å²) in [6, 6.07) is 11.9. The van der Waals surface area contributed by atoms with Gasteiger partial charge in [0.25, 0.3) is 0 Å². The number of esters is 4. The van der Waals surface area contributed by atoms with E-state index in [4.69, 9.17) is 23.9 Å². The van der Waals surface area contributed by atoms with Gasteiger partial charge in [0.05, 0.1) is 49.7 Å². The molecule has 3 heterocycles. The highest BCUT2D eigenvalue weighted by Gasteiger charge is 2.43. The minimum atomic E-state index is -1.36. The van der Waals surface area contributed by atoms with E-state index >= 15 is 0 Å². The molecule has 0 aliphatic heterocycles. The molecule has 0 spiro atoms. The molecule has 0 saturated carbocycles. The Labute approximate surface area is 232 Å². The van der Waals surface area contributed by atoms with Crippen molar-refractivity contribution in [1.29, 1.82) is 0 Å². The quantitative estimate of drug-likeness (QED) is 0.174. The third-order valence-electron chi connectivity index (χ3n) is 6.17. The average Bonchev–Trinajstić information content (AvgIpc) is 3.65. The zero-order valence-electron chi connectivity index (χ0n) is 23.0. The number of H-pyrrole nitrogens is 2. The molecule has 0 fully saturated rings. The molecule has 0 amide bonds. The molecule has 3 aromatic rings. The summed E-state index contributed by atoms with van der Waals surface area (Å²) < 4.78 is 21.0. The highest BCUT2D eigenvalue weighted by molar-refractivity contribution is 5.97. The number of nitrogens with one attached hydrogen (secondary N) is 2. The molecule has 0 bridgehead atoms. The Morgan fingerprint density at radius 1 is 0.600 bits per heavy atom. The van der Waals surface area contributed by atoms with E-state index in [1.54, 1.807) is 82.6 Å². The van der Waals surface area contributed by atoms with E-state index in [-0.39, 0.29) is 26.4 Å². The minimum absolute atomic E-state index is 0.0648. The van der Waals surface area contributed by atoms with Crippen LogP contribution in [0.5, 0.6) is 0 Å². The number of aromatic amines is 2. The molecule has 2 unspecified atom stereocenters. The predicted molar refractivity (Wildman–Crippen MR) is 143 cm³/mol. The molecular formula is C29H35N3O8. The number of carbonyl (C=O) groups is 4. The third-order valence-corrected chi connectivity index (χ3v) is 6.17. The fourth-order valence-corrected chi connectivity index (χ4v) is 4.57. The monoisotopic (exact) mass is 553 g/mol. The molecule has 0 aliphatic carbocycles. The number of nitrogens with zero attached hydrogens (tertiary/aromatic N) is 1. The van der Waals surface area contributed by atoms with Gasteiger partial charge in [0.15, 0.2) is 11.8 Å². The van der Waals surface area contributed by atoms with Crippen LogP contribution >= 0.6 is 0 Å². The first-order valence-corrected chi connectivity index (χ1v) is 13.3. The molecule has 3 rings (SSSR count). The van der Waals surface area contributed by atoms with E-state index in [2.05, 4.69) is 9.97 Å². The van der Waals surface area contributed by atoms with Crippen LogP contribution < -0.4 is 0 Å². The molecule has 0 saturated heterocycles. The lowest BCUT2D eigenvalue weighted by Crippen LogP contribution is -2.36. The summed E-state index contributed by atoms with van der Waals surface area (Å²) in [6.07, 6.45) is 3.33. The third kappa shape index (κ3) is 6.96. The van der Waals surface area contributed by atoms with Crippen LogP contribution in [0.3, 0.4) is 0 Å². The van der Waals surface area contributed by atoms with Crippen molar-refractivity contribution >= 4 is 23.9 Å². The lowest BCUT2D eigenvalue weighted by Gasteiger charge is -2.26. The molecule has 3 aromatic heterocycles. The van der Waals surface area contributed by atoms with Crippen LogP contribution in [0.25, 0.3) is 0 Å². The van der Waals surface area contributed by atoms with Crippen molar-refractivity contribution in [2.24, 2.45) is 11.8 Å². The van der Waals surface area contributed by atoms with Crippen LogP contribution in [0.4, 0.5) is 0 Å². The molecule has 11 heteroatoms. The van der Waals surface area contributed by atoms with Gasteiger partial charge < -0.3 is 28.9 Å². The topological polar surface area (TPSA) is 150 Å². The lowest BCUT2D eigenvalue weighted by molar-refractivity contribution is -0.164. The Kier molecular flexibility index (Phi) is 11.0. The Morgan fingerprint density at radius 2 is 0.950 bits per heavy atom. The summed E-state index contributed by atoms with van der Waals surface area (Å²) >= 11 is 0. The number of ether oxygens (including phenoxy) is 4. The molecule has 2 atom stereocenters. The number of hydrogen-bond donors (Lipinski definition) is 2. The van der Waals surface area contributed by atoms with Gasteiger partial charge in [-0.2, -0.15) is 0 Å². The number of carbonyl (C=O) groups excluding carboxylic acids is 4. The molecule has 40 heavy (non-hydrogen) atoms. The highest BCUT2D eigenvalue weighted by atomic mass is 16.6. The Bertz CT molecular complexity index is 1130. The Hall–Kier alpha value is -4.41. The molecule has 11 nitrogen and oxygen atoms in total. The van der Waals surface area contributed by atoms with Gasteiger partial charge in [0.2, 0.25) is 0 Å². The van der Waals surface area contributed by atoms with Gasteiger partial charge in [-0.25, -0.2) is 0 Å². The number of hydrogen-bond acceptors (Lipinski definition) is 9. The van der Waals surface area contributed by atoms with Crippen LogP contribution in [-0.2, 0) is 38.1 Å². The molecule has 2 N–H and O–H groups in total. The van der Waals surface area contributed by atoms with Crippen molar-refractivity contribution in [2.45, 2.75) is 39.5 Å². The zero-order valence-corrected chi connectivity index (χ0v) is 23.0. The van der Waals surface area contributed by atoms with Crippen molar-refractivity contribution in [3.63, 3.8) is 0 Å². The zero-order chi connectivity index (χ0) is 29.1. The molecular weight excluding hydrogens is 518 g/mol. The molecule has 0 aromatic carbocycles. The van der Waals surface area contributed by atoms with Gasteiger partial charge in [-0.3, -0.25) is 24.2 Å². The SMILES string of the molecule is CCOC(=O)C(C(=O)OCC)C(c1cccc(C(c2ccc[nH]2)C(C(=O)OCC)C(=O)OCC)n1)c1ccc[nH]1. The summed E-state index contributed by atoms with van der Waals surface area (Å²) in [7, 11) is 0. The Morgan fingerprint density at radius 3 is 1.23 bits per heavy atom. The van der Waals surface area contributed by atoms with Crippen molar-refractivity contribution in [1.82, 2.24) is 15.0 Å². The normalized spacial score (nSPS) is 12.6. The van der Waals surface area contributed by atoms with Crippen molar-refractivity contribution in [3.8, 4) is 0 Å². The second-order valence-corrected chi connectivity index (χ2v) is 8.66. The van der Waals surface area contributed by atoms with E-state index in [1.807, 2.05) is 0 Å². The number of rotatable bonds is 14. The summed E-state index contributed by atoms with van der Waals surface area (Å²) in [5.74, 6) is -7.60. The molecule has 0 radical (unpaired) electrons. The van der Waals surface area contributed by atoms with E-state index in [1.165, 1.54) is 0 Å². The molecule has 0 aliphatic rings. The van der Waals surface area contributed by atoms with Gasteiger partial charge in [-0.15, -0.1) is 0 Å². The van der Waals surface area contributed by atoms with Gasteiger partial charge in [-0.1, -0.05) is 6.07 Å². The van der Waals surface area contributed by atoms with Crippen LogP contribution in [0.15, 0.2) is 54.9 Å². The van der Waals surface area contributed by atoms with Crippen LogP contribution in [0.2, 0.25) is 0 Å². The van der Waals surface area contributed by atoms with Crippen molar-refractivity contribution < 1.29 is 38.1 Å². The van der Waals surface area contributed by atoms with Crippen molar-refractivity contribution in [2.75, 3.05) is 26.4 Å². The van der Waals surface area contributed by atoms with Gasteiger partial charge in [-0.05, 0) is 64.1 Å². The maximum atomic E-state index is 13.1.